The van der Waals surface area contributed by atoms with Gasteiger partial charge < -0.3 is 9.64 Å². The van der Waals surface area contributed by atoms with Gasteiger partial charge in [-0.1, -0.05) is 17.7 Å². The second kappa shape index (κ2) is 4.97. The highest BCUT2D eigenvalue weighted by Gasteiger charge is 2.38. The fraction of sp³-hybridized carbons (Fsp3) is 0.562. The lowest BCUT2D eigenvalue weighted by atomic mass is 9.91. The Hall–Kier alpha value is -1.35. The van der Waals surface area contributed by atoms with Crippen molar-refractivity contribution in [3.63, 3.8) is 0 Å². The van der Waals surface area contributed by atoms with Crippen LogP contribution in [0.5, 0.6) is 0 Å². The predicted octanol–water partition coefficient (Wildman–Crippen LogP) is 2.63. The summed E-state index contributed by atoms with van der Waals surface area (Å²) in [5, 5.41) is 0. The van der Waals surface area contributed by atoms with Crippen LogP contribution in [0.2, 0.25) is 0 Å². The first kappa shape index (κ1) is 12.7. The fourth-order valence-corrected chi connectivity index (χ4v) is 3.31. The molecule has 0 bridgehead atoms. The maximum Gasteiger partial charge on any atom is 0.253 e. The Balaban J connectivity index is 1.71. The number of hydrogen-bond acceptors (Lipinski definition) is 2. The van der Waals surface area contributed by atoms with E-state index < -0.39 is 0 Å². The van der Waals surface area contributed by atoms with Gasteiger partial charge in [0, 0.05) is 18.7 Å². The number of rotatable bonds is 1. The molecule has 0 saturated carbocycles. The van der Waals surface area contributed by atoms with Gasteiger partial charge in [-0.2, -0.15) is 0 Å². The summed E-state index contributed by atoms with van der Waals surface area (Å²) in [6, 6.07) is 7.83. The van der Waals surface area contributed by atoms with Gasteiger partial charge in [-0.3, -0.25) is 4.79 Å². The van der Waals surface area contributed by atoms with Crippen LogP contribution in [0.15, 0.2) is 24.3 Å². The molecular formula is C16H21NO2. The Morgan fingerprint density at radius 1 is 1.42 bits per heavy atom. The summed E-state index contributed by atoms with van der Waals surface area (Å²) in [5.41, 5.74) is 1.93. The quantitative estimate of drug-likeness (QED) is 0.776. The standard InChI is InChI=1S/C16H21NO2/c1-11-4-3-5-14(8-11)16(18)17-7-6-13-9-12(2)19-15(13)10-17/h3-5,8,12-13,15H,6-7,9-10H2,1-2H3/t12-,13+,15-/m0/s1. The monoisotopic (exact) mass is 259 g/mol. The summed E-state index contributed by atoms with van der Waals surface area (Å²) in [7, 11) is 0. The first-order valence-corrected chi connectivity index (χ1v) is 7.15. The summed E-state index contributed by atoms with van der Waals surface area (Å²) in [6.07, 6.45) is 2.82. The Bertz CT molecular complexity index is 485. The molecule has 0 spiro atoms. The predicted molar refractivity (Wildman–Crippen MR) is 74.1 cm³/mol. The highest BCUT2D eigenvalue weighted by molar-refractivity contribution is 5.94. The van der Waals surface area contributed by atoms with E-state index >= 15 is 0 Å². The molecule has 1 amide bonds. The van der Waals surface area contributed by atoms with Crippen molar-refractivity contribution in [3.8, 4) is 0 Å². The molecular weight excluding hydrogens is 238 g/mol. The van der Waals surface area contributed by atoms with E-state index in [1.165, 1.54) is 0 Å². The minimum absolute atomic E-state index is 0.144. The van der Waals surface area contributed by atoms with Gasteiger partial charge in [0.25, 0.3) is 5.91 Å². The SMILES string of the molecule is Cc1cccc(C(=O)N2CC[C@@H]3C[C@H](C)O[C@H]3C2)c1. The van der Waals surface area contributed by atoms with Crippen molar-refractivity contribution in [3.05, 3.63) is 35.4 Å². The zero-order valence-electron chi connectivity index (χ0n) is 11.6. The Morgan fingerprint density at radius 3 is 3.05 bits per heavy atom. The van der Waals surface area contributed by atoms with Crippen molar-refractivity contribution in [2.45, 2.75) is 38.9 Å². The molecule has 1 aromatic carbocycles. The second-order valence-corrected chi connectivity index (χ2v) is 5.89. The number of carbonyl (C=O) groups is 1. The maximum atomic E-state index is 12.5. The number of likely N-dealkylation sites (tertiary alicyclic amines) is 1. The zero-order valence-corrected chi connectivity index (χ0v) is 11.6. The number of nitrogens with zero attached hydrogens (tertiary/aromatic N) is 1. The first-order valence-electron chi connectivity index (χ1n) is 7.15. The van der Waals surface area contributed by atoms with Gasteiger partial charge in [-0.05, 0) is 44.7 Å². The van der Waals surface area contributed by atoms with Crippen LogP contribution in [0.3, 0.4) is 0 Å². The van der Waals surface area contributed by atoms with Crippen LogP contribution < -0.4 is 0 Å². The van der Waals surface area contributed by atoms with Crippen molar-refractivity contribution in [1.82, 2.24) is 4.90 Å². The number of carbonyl (C=O) groups excluding carboxylic acids is 1. The number of benzene rings is 1. The van der Waals surface area contributed by atoms with Crippen molar-refractivity contribution in [2.75, 3.05) is 13.1 Å². The fourth-order valence-electron chi connectivity index (χ4n) is 3.31. The minimum atomic E-state index is 0.144. The molecule has 19 heavy (non-hydrogen) atoms. The number of piperidine rings is 1. The van der Waals surface area contributed by atoms with E-state index in [-0.39, 0.29) is 12.0 Å². The van der Waals surface area contributed by atoms with Gasteiger partial charge in [0.2, 0.25) is 0 Å². The molecule has 0 unspecified atom stereocenters. The average Bonchev–Trinajstić information content (AvgIpc) is 2.76. The van der Waals surface area contributed by atoms with E-state index in [1.807, 2.05) is 36.1 Å². The summed E-state index contributed by atoms with van der Waals surface area (Å²) in [4.78, 5) is 14.4. The van der Waals surface area contributed by atoms with Crippen molar-refractivity contribution in [1.29, 1.82) is 0 Å². The Kier molecular flexibility index (Phi) is 3.31. The van der Waals surface area contributed by atoms with Crippen LogP contribution in [0, 0.1) is 12.8 Å². The van der Waals surface area contributed by atoms with Gasteiger partial charge in [0.15, 0.2) is 0 Å². The molecule has 0 aromatic heterocycles. The largest absolute Gasteiger partial charge is 0.373 e. The summed E-state index contributed by atoms with van der Waals surface area (Å²) < 4.78 is 5.91. The lowest BCUT2D eigenvalue weighted by molar-refractivity contribution is 0.00156. The minimum Gasteiger partial charge on any atom is -0.373 e. The summed E-state index contributed by atoms with van der Waals surface area (Å²) >= 11 is 0. The van der Waals surface area contributed by atoms with Gasteiger partial charge in [-0.25, -0.2) is 0 Å². The number of ether oxygens (including phenoxy) is 1. The van der Waals surface area contributed by atoms with Gasteiger partial charge in [0.1, 0.15) is 0 Å². The number of aryl methyl sites for hydroxylation is 1. The van der Waals surface area contributed by atoms with Crippen LogP contribution in [-0.2, 0) is 4.74 Å². The topological polar surface area (TPSA) is 29.5 Å². The van der Waals surface area contributed by atoms with Crippen molar-refractivity contribution in [2.24, 2.45) is 5.92 Å². The molecule has 2 aliphatic rings. The normalized spacial score (nSPS) is 30.2. The van der Waals surface area contributed by atoms with Crippen molar-refractivity contribution >= 4 is 5.91 Å². The van der Waals surface area contributed by atoms with E-state index in [2.05, 4.69) is 6.92 Å². The smallest absolute Gasteiger partial charge is 0.253 e. The van der Waals surface area contributed by atoms with Gasteiger partial charge >= 0.3 is 0 Å². The average molecular weight is 259 g/mol. The zero-order chi connectivity index (χ0) is 13.4. The summed E-state index contributed by atoms with van der Waals surface area (Å²) in [6.45, 7) is 5.77. The molecule has 0 radical (unpaired) electrons. The van der Waals surface area contributed by atoms with Crippen LogP contribution in [0.25, 0.3) is 0 Å². The lowest BCUT2D eigenvalue weighted by Gasteiger charge is -2.34. The number of fused-ring (bicyclic) bond motifs is 1. The third-order valence-electron chi connectivity index (χ3n) is 4.29. The molecule has 3 heteroatoms. The molecule has 2 heterocycles. The molecule has 0 aliphatic carbocycles. The number of amides is 1. The molecule has 2 saturated heterocycles. The van der Waals surface area contributed by atoms with Crippen LogP contribution in [0.4, 0.5) is 0 Å². The highest BCUT2D eigenvalue weighted by Crippen LogP contribution is 2.33. The molecule has 1 aromatic rings. The lowest BCUT2D eigenvalue weighted by Crippen LogP contribution is -2.45. The Morgan fingerprint density at radius 2 is 2.26 bits per heavy atom. The van der Waals surface area contributed by atoms with Crippen LogP contribution in [0.1, 0.15) is 35.7 Å². The number of hydrogen-bond donors (Lipinski definition) is 0. The molecule has 3 atom stereocenters. The molecule has 3 nitrogen and oxygen atoms in total. The summed E-state index contributed by atoms with van der Waals surface area (Å²) in [5.74, 6) is 0.793. The van der Waals surface area contributed by atoms with Gasteiger partial charge in [0.05, 0.1) is 12.2 Å². The van der Waals surface area contributed by atoms with E-state index in [9.17, 15) is 4.79 Å². The van der Waals surface area contributed by atoms with E-state index in [0.717, 1.165) is 37.1 Å². The van der Waals surface area contributed by atoms with E-state index in [0.29, 0.717) is 12.0 Å². The third kappa shape index (κ3) is 2.52. The Labute approximate surface area is 114 Å². The molecule has 2 fully saturated rings. The van der Waals surface area contributed by atoms with Crippen LogP contribution in [-0.4, -0.2) is 36.1 Å². The van der Waals surface area contributed by atoms with Gasteiger partial charge in [-0.15, -0.1) is 0 Å². The van der Waals surface area contributed by atoms with E-state index in [4.69, 9.17) is 4.74 Å². The maximum absolute atomic E-state index is 12.5. The molecule has 3 rings (SSSR count). The molecule has 2 aliphatic heterocycles. The van der Waals surface area contributed by atoms with Crippen LogP contribution >= 0.6 is 0 Å². The first-order chi connectivity index (χ1) is 9.13. The highest BCUT2D eigenvalue weighted by atomic mass is 16.5. The molecule has 102 valence electrons. The molecule has 0 N–H and O–H groups in total. The van der Waals surface area contributed by atoms with E-state index in [1.54, 1.807) is 0 Å². The van der Waals surface area contributed by atoms with Crippen molar-refractivity contribution < 1.29 is 9.53 Å². The second-order valence-electron chi connectivity index (χ2n) is 5.89. The third-order valence-corrected chi connectivity index (χ3v) is 4.29.